The fourth-order valence-electron chi connectivity index (χ4n) is 2.59. The van der Waals surface area contributed by atoms with Crippen LogP contribution in [0.3, 0.4) is 0 Å². The third-order valence-corrected chi connectivity index (χ3v) is 4.07. The molecular formula is C20H28ClNO. The summed E-state index contributed by atoms with van der Waals surface area (Å²) >= 11 is 0. The minimum absolute atomic E-state index is 0. The normalized spacial score (nSPS) is 12.0. The summed E-state index contributed by atoms with van der Waals surface area (Å²) in [5.74, 6) is 0. The summed E-state index contributed by atoms with van der Waals surface area (Å²) in [4.78, 5) is 2.39. The molecule has 0 saturated heterocycles. The highest BCUT2D eigenvalue weighted by molar-refractivity contribution is 5.85. The lowest BCUT2D eigenvalue weighted by molar-refractivity contribution is 0.0619. The Kier molecular flexibility index (Phi) is 8.93. The second kappa shape index (κ2) is 10.4. The van der Waals surface area contributed by atoms with Crippen LogP contribution in [-0.4, -0.2) is 31.1 Å². The van der Waals surface area contributed by atoms with Gasteiger partial charge in [0.05, 0.1) is 6.61 Å². The zero-order valence-electron chi connectivity index (χ0n) is 14.4. The molecular weight excluding hydrogens is 306 g/mol. The smallest absolute Gasteiger partial charge is 0.108 e. The topological polar surface area (TPSA) is 12.5 Å². The van der Waals surface area contributed by atoms with E-state index in [9.17, 15) is 0 Å². The van der Waals surface area contributed by atoms with Crippen LogP contribution in [0.4, 0.5) is 0 Å². The molecule has 126 valence electrons. The number of hydrogen-bond donors (Lipinski definition) is 0. The molecule has 0 heterocycles. The van der Waals surface area contributed by atoms with Crippen molar-refractivity contribution in [2.24, 2.45) is 0 Å². The number of hydrogen-bond acceptors (Lipinski definition) is 2. The highest BCUT2D eigenvalue weighted by Crippen LogP contribution is 2.26. The maximum absolute atomic E-state index is 6.25. The van der Waals surface area contributed by atoms with Gasteiger partial charge in [0.2, 0.25) is 0 Å². The molecule has 1 unspecified atom stereocenters. The molecule has 1 atom stereocenters. The van der Waals surface area contributed by atoms with Crippen LogP contribution in [0.2, 0.25) is 0 Å². The quantitative estimate of drug-likeness (QED) is 0.683. The second-order valence-corrected chi connectivity index (χ2v) is 5.60. The Balaban J connectivity index is 0.00000264. The summed E-state index contributed by atoms with van der Waals surface area (Å²) in [5, 5.41) is 0. The Labute approximate surface area is 146 Å². The van der Waals surface area contributed by atoms with Crippen molar-refractivity contribution in [1.29, 1.82) is 0 Å². The predicted octanol–water partition coefficient (Wildman–Crippen LogP) is 4.86. The molecule has 2 rings (SSSR count). The molecule has 2 nitrogen and oxygen atoms in total. The first-order valence-corrected chi connectivity index (χ1v) is 8.20. The van der Waals surface area contributed by atoms with Gasteiger partial charge in [0.25, 0.3) is 0 Å². The average molecular weight is 334 g/mol. The van der Waals surface area contributed by atoms with E-state index in [1.54, 1.807) is 0 Å². The summed E-state index contributed by atoms with van der Waals surface area (Å²) in [6.45, 7) is 10.4. The number of ether oxygens (including phenoxy) is 1. The Hall–Kier alpha value is -1.35. The highest BCUT2D eigenvalue weighted by Gasteiger charge is 2.14. The molecule has 0 amide bonds. The molecule has 0 fully saturated rings. The largest absolute Gasteiger partial charge is 0.367 e. The van der Waals surface area contributed by atoms with Crippen molar-refractivity contribution in [3.63, 3.8) is 0 Å². The van der Waals surface area contributed by atoms with Gasteiger partial charge in [-0.05, 0) is 31.1 Å². The van der Waals surface area contributed by atoms with Crippen LogP contribution in [0.1, 0.15) is 36.6 Å². The molecule has 2 aromatic rings. The van der Waals surface area contributed by atoms with Gasteiger partial charge in [0.1, 0.15) is 6.10 Å². The number of benzene rings is 2. The first-order chi connectivity index (χ1) is 10.7. The lowest BCUT2D eigenvalue weighted by Crippen LogP contribution is -2.27. The van der Waals surface area contributed by atoms with Crippen LogP contribution in [0.5, 0.6) is 0 Å². The van der Waals surface area contributed by atoms with Crippen molar-refractivity contribution >= 4 is 12.4 Å². The van der Waals surface area contributed by atoms with Crippen LogP contribution in [0, 0.1) is 6.92 Å². The molecule has 0 aliphatic heterocycles. The van der Waals surface area contributed by atoms with Gasteiger partial charge in [0, 0.05) is 6.54 Å². The van der Waals surface area contributed by atoms with Crippen molar-refractivity contribution in [2.45, 2.75) is 26.9 Å². The Morgan fingerprint density at radius 2 is 1.43 bits per heavy atom. The fraction of sp³-hybridized carbons (Fsp3) is 0.400. The van der Waals surface area contributed by atoms with Crippen molar-refractivity contribution < 1.29 is 4.74 Å². The molecule has 0 aliphatic carbocycles. The van der Waals surface area contributed by atoms with E-state index in [1.165, 1.54) is 16.7 Å². The number of halogens is 1. The molecule has 2 aromatic carbocycles. The van der Waals surface area contributed by atoms with Gasteiger partial charge in [-0.2, -0.15) is 0 Å². The maximum atomic E-state index is 6.25. The number of aryl methyl sites for hydroxylation is 1. The Bertz CT molecular complexity index is 537. The van der Waals surface area contributed by atoms with Gasteiger partial charge in [-0.3, -0.25) is 0 Å². The standard InChI is InChI=1S/C20H27NO.ClH/c1-4-21(5-2)15-16-22-20(18-9-7-6-8-10-18)19-13-11-17(3)12-14-19;/h6-14,20H,4-5,15-16H2,1-3H3;1H. The van der Waals surface area contributed by atoms with E-state index in [0.717, 1.165) is 26.2 Å². The van der Waals surface area contributed by atoms with Gasteiger partial charge in [-0.25, -0.2) is 0 Å². The van der Waals surface area contributed by atoms with Gasteiger partial charge < -0.3 is 9.64 Å². The highest BCUT2D eigenvalue weighted by atomic mass is 35.5. The first-order valence-electron chi connectivity index (χ1n) is 8.20. The molecule has 0 N–H and O–H groups in total. The third kappa shape index (κ3) is 5.98. The van der Waals surface area contributed by atoms with E-state index < -0.39 is 0 Å². The van der Waals surface area contributed by atoms with Gasteiger partial charge in [-0.1, -0.05) is 74.0 Å². The monoisotopic (exact) mass is 333 g/mol. The summed E-state index contributed by atoms with van der Waals surface area (Å²) in [6.07, 6.45) is 0.0114. The van der Waals surface area contributed by atoms with Crippen LogP contribution in [0.15, 0.2) is 54.6 Å². The molecule has 0 spiro atoms. The fourth-order valence-corrected chi connectivity index (χ4v) is 2.59. The van der Waals surface area contributed by atoms with Crippen molar-refractivity contribution in [1.82, 2.24) is 4.90 Å². The summed E-state index contributed by atoms with van der Waals surface area (Å²) in [5.41, 5.74) is 3.71. The molecule has 0 aliphatic rings. The van der Waals surface area contributed by atoms with Crippen molar-refractivity contribution in [2.75, 3.05) is 26.2 Å². The molecule has 3 heteroatoms. The predicted molar refractivity (Wildman–Crippen MR) is 100 cm³/mol. The van der Waals surface area contributed by atoms with Gasteiger partial charge in [-0.15, -0.1) is 12.4 Å². The Morgan fingerprint density at radius 3 is 2.00 bits per heavy atom. The number of rotatable bonds is 8. The lowest BCUT2D eigenvalue weighted by Gasteiger charge is -2.22. The van der Waals surface area contributed by atoms with Crippen LogP contribution in [-0.2, 0) is 4.74 Å². The number of likely N-dealkylation sites (N-methyl/N-ethyl adjacent to an activating group) is 1. The van der Waals surface area contributed by atoms with E-state index in [1.807, 2.05) is 6.07 Å². The SMILES string of the molecule is CCN(CC)CCOC(c1ccccc1)c1ccc(C)cc1.Cl. The minimum Gasteiger partial charge on any atom is -0.367 e. The average Bonchev–Trinajstić information content (AvgIpc) is 2.57. The second-order valence-electron chi connectivity index (χ2n) is 5.60. The third-order valence-electron chi connectivity index (χ3n) is 4.07. The van der Waals surface area contributed by atoms with E-state index in [2.05, 4.69) is 74.2 Å². The van der Waals surface area contributed by atoms with Crippen LogP contribution < -0.4 is 0 Å². The summed E-state index contributed by atoms with van der Waals surface area (Å²) in [6, 6.07) is 19.1. The van der Waals surface area contributed by atoms with E-state index in [4.69, 9.17) is 4.74 Å². The van der Waals surface area contributed by atoms with E-state index >= 15 is 0 Å². The molecule has 0 radical (unpaired) electrons. The molecule has 0 saturated carbocycles. The maximum Gasteiger partial charge on any atom is 0.108 e. The molecule has 0 bridgehead atoms. The summed E-state index contributed by atoms with van der Waals surface area (Å²) < 4.78 is 6.25. The number of nitrogens with zero attached hydrogens (tertiary/aromatic N) is 1. The molecule has 0 aromatic heterocycles. The van der Waals surface area contributed by atoms with Crippen molar-refractivity contribution in [3.8, 4) is 0 Å². The van der Waals surface area contributed by atoms with Gasteiger partial charge >= 0.3 is 0 Å². The van der Waals surface area contributed by atoms with E-state index in [0.29, 0.717) is 0 Å². The van der Waals surface area contributed by atoms with Crippen molar-refractivity contribution in [3.05, 3.63) is 71.3 Å². The first kappa shape index (κ1) is 19.7. The van der Waals surface area contributed by atoms with Crippen LogP contribution >= 0.6 is 12.4 Å². The Morgan fingerprint density at radius 1 is 0.870 bits per heavy atom. The summed E-state index contributed by atoms with van der Waals surface area (Å²) in [7, 11) is 0. The minimum atomic E-state index is 0. The van der Waals surface area contributed by atoms with Crippen LogP contribution in [0.25, 0.3) is 0 Å². The zero-order chi connectivity index (χ0) is 15.8. The zero-order valence-corrected chi connectivity index (χ0v) is 15.2. The molecule has 23 heavy (non-hydrogen) atoms. The van der Waals surface area contributed by atoms with Gasteiger partial charge in [0.15, 0.2) is 0 Å². The lowest BCUT2D eigenvalue weighted by atomic mass is 10.0. The van der Waals surface area contributed by atoms with E-state index in [-0.39, 0.29) is 18.5 Å².